The van der Waals surface area contributed by atoms with Crippen LogP contribution >= 0.6 is 23.2 Å². The molecule has 0 radical (unpaired) electrons. The van der Waals surface area contributed by atoms with Crippen LogP contribution in [0.4, 0.5) is 5.69 Å². The summed E-state index contributed by atoms with van der Waals surface area (Å²) in [5.74, 6) is -1.83. The lowest BCUT2D eigenvalue weighted by Crippen LogP contribution is -2.16. The molecule has 0 aliphatic heterocycles. The van der Waals surface area contributed by atoms with E-state index < -0.39 is 11.9 Å². The minimum Gasteiger partial charge on any atom is -0.476 e. The minimum atomic E-state index is -1.27. The number of carboxylic acid groups (broad SMARTS) is 1. The molecule has 2 N–H and O–H groups in total. The van der Waals surface area contributed by atoms with E-state index in [9.17, 15) is 14.7 Å². The SMILES string of the molecule is Cc1nn(Cc2ccc(Cl)c(Cl)c2)c(C)c1NC(=O)c1cn(C)nc1C(=O)O. The smallest absolute Gasteiger partial charge is 0.357 e. The fraction of sp³-hybridized carbons (Fsp3) is 0.222. The second-order valence-corrected chi connectivity index (χ2v) is 7.09. The fourth-order valence-corrected chi connectivity index (χ4v) is 3.16. The van der Waals surface area contributed by atoms with Gasteiger partial charge >= 0.3 is 5.97 Å². The number of aromatic nitrogens is 4. The van der Waals surface area contributed by atoms with Crippen LogP contribution in [0, 0.1) is 13.8 Å². The van der Waals surface area contributed by atoms with Crippen LogP contribution in [0.5, 0.6) is 0 Å². The third-order valence-electron chi connectivity index (χ3n) is 4.21. The molecular formula is C18H17Cl2N5O3. The number of carboxylic acids is 1. The second-order valence-electron chi connectivity index (χ2n) is 6.28. The first kappa shape index (κ1) is 19.9. The highest BCUT2D eigenvalue weighted by molar-refractivity contribution is 6.42. The largest absolute Gasteiger partial charge is 0.476 e. The molecule has 146 valence electrons. The maximum absolute atomic E-state index is 12.6. The number of rotatable bonds is 5. The Labute approximate surface area is 170 Å². The first-order valence-corrected chi connectivity index (χ1v) is 8.99. The molecule has 0 unspecified atom stereocenters. The normalized spacial score (nSPS) is 10.9. The van der Waals surface area contributed by atoms with Crippen LogP contribution in [-0.4, -0.2) is 36.5 Å². The number of carbonyl (C=O) groups excluding carboxylic acids is 1. The monoisotopic (exact) mass is 421 g/mol. The van der Waals surface area contributed by atoms with Gasteiger partial charge < -0.3 is 10.4 Å². The summed E-state index contributed by atoms with van der Waals surface area (Å²) >= 11 is 12.0. The summed E-state index contributed by atoms with van der Waals surface area (Å²) in [5, 5.41) is 21.1. The Bertz CT molecular complexity index is 1090. The Morgan fingerprint density at radius 3 is 2.54 bits per heavy atom. The molecule has 10 heteroatoms. The Balaban J connectivity index is 1.87. The first-order chi connectivity index (χ1) is 13.2. The van der Waals surface area contributed by atoms with E-state index in [1.807, 2.05) is 13.0 Å². The van der Waals surface area contributed by atoms with Gasteiger partial charge in [0.25, 0.3) is 5.91 Å². The lowest BCUT2D eigenvalue weighted by molar-refractivity contribution is 0.0685. The molecule has 0 atom stereocenters. The van der Waals surface area contributed by atoms with E-state index in [0.29, 0.717) is 28.0 Å². The number of carbonyl (C=O) groups is 2. The number of aromatic carboxylic acids is 1. The first-order valence-electron chi connectivity index (χ1n) is 8.23. The van der Waals surface area contributed by atoms with E-state index in [1.165, 1.54) is 10.9 Å². The molecule has 3 rings (SSSR count). The van der Waals surface area contributed by atoms with E-state index in [4.69, 9.17) is 23.2 Å². The zero-order chi connectivity index (χ0) is 20.6. The number of halogens is 2. The minimum absolute atomic E-state index is 0.0222. The summed E-state index contributed by atoms with van der Waals surface area (Å²) in [5.41, 5.74) is 2.41. The summed E-state index contributed by atoms with van der Waals surface area (Å²) in [7, 11) is 1.55. The van der Waals surface area contributed by atoms with Crippen molar-refractivity contribution in [1.29, 1.82) is 0 Å². The number of aryl methyl sites for hydroxylation is 2. The molecule has 1 aromatic carbocycles. The van der Waals surface area contributed by atoms with Crippen LogP contribution in [0.1, 0.15) is 37.8 Å². The predicted octanol–water partition coefficient (Wildman–Crippen LogP) is 3.54. The van der Waals surface area contributed by atoms with Gasteiger partial charge in [-0.15, -0.1) is 0 Å². The highest BCUT2D eigenvalue weighted by Gasteiger charge is 2.23. The fourth-order valence-electron chi connectivity index (χ4n) is 2.84. The van der Waals surface area contributed by atoms with Crippen LogP contribution in [0.3, 0.4) is 0 Å². The zero-order valence-corrected chi connectivity index (χ0v) is 16.8. The molecular weight excluding hydrogens is 405 g/mol. The topological polar surface area (TPSA) is 102 Å². The molecule has 2 heterocycles. The van der Waals surface area contributed by atoms with Gasteiger partial charge in [0.1, 0.15) is 0 Å². The zero-order valence-electron chi connectivity index (χ0n) is 15.3. The van der Waals surface area contributed by atoms with Gasteiger partial charge in [-0.3, -0.25) is 14.2 Å². The predicted molar refractivity (Wildman–Crippen MR) is 105 cm³/mol. The van der Waals surface area contributed by atoms with Gasteiger partial charge in [0, 0.05) is 13.2 Å². The molecule has 8 nitrogen and oxygen atoms in total. The highest BCUT2D eigenvalue weighted by Crippen LogP contribution is 2.25. The summed E-state index contributed by atoms with van der Waals surface area (Å²) in [6.45, 7) is 4.01. The lowest BCUT2D eigenvalue weighted by Gasteiger charge is -2.08. The number of hydrogen-bond acceptors (Lipinski definition) is 4. The molecule has 2 aromatic heterocycles. The van der Waals surface area contributed by atoms with Crippen molar-refractivity contribution in [1.82, 2.24) is 19.6 Å². The van der Waals surface area contributed by atoms with E-state index in [-0.39, 0.29) is 11.3 Å². The van der Waals surface area contributed by atoms with Crippen LogP contribution in [0.2, 0.25) is 10.0 Å². The Morgan fingerprint density at radius 1 is 1.18 bits per heavy atom. The van der Waals surface area contributed by atoms with Gasteiger partial charge in [0.2, 0.25) is 0 Å². The third kappa shape index (κ3) is 3.88. The summed E-state index contributed by atoms with van der Waals surface area (Å²) < 4.78 is 3.01. The van der Waals surface area contributed by atoms with E-state index in [1.54, 1.807) is 30.8 Å². The molecule has 1 amide bonds. The summed E-state index contributed by atoms with van der Waals surface area (Å²) in [6.07, 6.45) is 1.36. The maximum Gasteiger partial charge on any atom is 0.357 e. The van der Waals surface area contributed by atoms with Gasteiger partial charge in [-0.05, 0) is 31.5 Å². The standard InChI is InChI=1S/C18H17Cl2N5O3/c1-9-15(21-17(26)12-8-24(3)23-16(12)18(27)28)10(2)25(22-9)7-11-4-5-13(19)14(20)6-11/h4-6,8H,7H2,1-3H3,(H,21,26)(H,27,28). The average Bonchev–Trinajstić information content (AvgIpc) is 3.14. The average molecular weight is 422 g/mol. The molecule has 0 bridgehead atoms. The van der Waals surface area contributed by atoms with Crippen molar-refractivity contribution in [2.24, 2.45) is 7.05 Å². The quantitative estimate of drug-likeness (QED) is 0.655. The van der Waals surface area contributed by atoms with Crippen molar-refractivity contribution < 1.29 is 14.7 Å². The van der Waals surface area contributed by atoms with Crippen molar-refractivity contribution in [2.75, 3.05) is 5.32 Å². The van der Waals surface area contributed by atoms with Crippen molar-refractivity contribution in [3.05, 3.63) is 62.6 Å². The van der Waals surface area contributed by atoms with Gasteiger partial charge in [-0.1, -0.05) is 29.3 Å². The molecule has 0 aliphatic carbocycles. The maximum atomic E-state index is 12.6. The number of anilines is 1. The van der Waals surface area contributed by atoms with Gasteiger partial charge in [0.05, 0.1) is 39.2 Å². The van der Waals surface area contributed by atoms with Crippen LogP contribution < -0.4 is 5.32 Å². The Kier molecular flexibility index (Phi) is 5.44. The van der Waals surface area contributed by atoms with Crippen LogP contribution in [-0.2, 0) is 13.6 Å². The van der Waals surface area contributed by atoms with Crippen molar-refractivity contribution in [3.8, 4) is 0 Å². The Hall–Kier alpha value is -2.84. The van der Waals surface area contributed by atoms with Crippen molar-refractivity contribution >= 4 is 40.8 Å². The summed E-state index contributed by atoms with van der Waals surface area (Å²) in [6, 6.07) is 5.31. The second kappa shape index (κ2) is 7.65. The van der Waals surface area contributed by atoms with Gasteiger partial charge in [-0.2, -0.15) is 10.2 Å². The molecule has 0 saturated carbocycles. The van der Waals surface area contributed by atoms with E-state index >= 15 is 0 Å². The number of benzene rings is 1. The molecule has 0 saturated heterocycles. The van der Waals surface area contributed by atoms with Gasteiger partial charge in [0.15, 0.2) is 5.69 Å². The number of nitrogens with one attached hydrogen (secondary N) is 1. The Morgan fingerprint density at radius 2 is 1.89 bits per heavy atom. The molecule has 0 spiro atoms. The number of nitrogens with zero attached hydrogens (tertiary/aromatic N) is 4. The van der Waals surface area contributed by atoms with Crippen LogP contribution in [0.15, 0.2) is 24.4 Å². The number of hydrogen-bond donors (Lipinski definition) is 2. The molecule has 0 aliphatic rings. The van der Waals surface area contributed by atoms with E-state index in [2.05, 4.69) is 15.5 Å². The van der Waals surface area contributed by atoms with E-state index in [0.717, 1.165) is 11.3 Å². The molecule has 0 fully saturated rings. The highest BCUT2D eigenvalue weighted by atomic mass is 35.5. The van der Waals surface area contributed by atoms with Gasteiger partial charge in [-0.25, -0.2) is 4.79 Å². The third-order valence-corrected chi connectivity index (χ3v) is 4.95. The van der Waals surface area contributed by atoms with Crippen LogP contribution in [0.25, 0.3) is 0 Å². The van der Waals surface area contributed by atoms with Crippen molar-refractivity contribution in [2.45, 2.75) is 20.4 Å². The number of amides is 1. The van der Waals surface area contributed by atoms with Crippen molar-refractivity contribution in [3.63, 3.8) is 0 Å². The lowest BCUT2D eigenvalue weighted by atomic mass is 10.2. The molecule has 3 aromatic rings. The summed E-state index contributed by atoms with van der Waals surface area (Å²) in [4.78, 5) is 23.9. The molecule has 28 heavy (non-hydrogen) atoms.